The van der Waals surface area contributed by atoms with Crippen molar-refractivity contribution in [2.75, 3.05) is 26.4 Å². The van der Waals surface area contributed by atoms with E-state index in [1.807, 2.05) is 13.0 Å². The predicted octanol–water partition coefficient (Wildman–Crippen LogP) is 12.2. The van der Waals surface area contributed by atoms with Crippen molar-refractivity contribution in [3.8, 4) is 0 Å². The van der Waals surface area contributed by atoms with Gasteiger partial charge in [-0.25, -0.2) is 4.57 Å². The van der Waals surface area contributed by atoms with E-state index in [2.05, 4.69) is 61.6 Å². The third kappa shape index (κ3) is 43.3. The Bertz CT molecular complexity index is 1150. The number of nitrogens with two attached hydrogens (primary N) is 1. The molecule has 0 heterocycles. The zero-order valence-electron chi connectivity index (χ0n) is 36.6. The number of hydrogen-bond acceptors (Lipinski definition) is 9. The molecule has 0 aromatic heterocycles. The van der Waals surface area contributed by atoms with Gasteiger partial charge in [-0.05, 0) is 90.4 Å². The average Bonchev–Trinajstić information content (AvgIpc) is 3.20. The summed E-state index contributed by atoms with van der Waals surface area (Å²) in [5, 5.41) is 9.27. The molecule has 0 fully saturated rings. The Morgan fingerprint density at radius 2 is 1.03 bits per heavy atom. The van der Waals surface area contributed by atoms with Crippen LogP contribution in [-0.4, -0.2) is 60.5 Å². The molecule has 0 saturated carbocycles. The van der Waals surface area contributed by atoms with Gasteiger partial charge in [0.25, 0.3) is 0 Å². The summed E-state index contributed by atoms with van der Waals surface area (Å²) in [6, 6.07) is 0. The van der Waals surface area contributed by atoms with Crippen LogP contribution in [-0.2, 0) is 32.7 Å². The molecule has 58 heavy (non-hydrogen) atoms. The van der Waals surface area contributed by atoms with E-state index in [4.69, 9.17) is 24.3 Å². The molecule has 1 unspecified atom stereocenters. The van der Waals surface area contributed by atoms with Gasteiger partial charge in [-0.2, -0.15) is 0 Å². The van der Waals surface area contributed by atoms with Gasteiger partial charge < -0.3 is 25.2 Å². The highest BCUT2D eigenvalue weighted by molar-refractivity contribution is 7.47. The largest absolute Gasteiger partial charge is 0.472 e. The van der Waals surface area contributed by atoms with E-state index in [-0.39, 0.29) is 38.7 Å². The molecule has 0 aliphatic rings. The fraction of sp³-hybridized carbons (Fsp3) is 0.745. The van der Waals surface area contributed by atoms with Crippen molar-refractivity contribution in [1.29, 1.82) is 0 Å². The number of carbonyl (C=O) groups excluding carboxylic acids is 2. The molecule has 0 aromatic carbocycles. The average molecular weight is 838 g/mol. The van der Waals surface area contributed by atoms with Gasteiger partial charge >= 0.3 is 19.8 Å². The van der Waals surface area contributed by atoms with Crippen molar-refractivity contribution in [3.63, 3.8) is 0 Å². The number of phosphoric ester groups is 1. The molecular weight excluding hydrogens is 753 g/mol. The Labute approximate surface area is 353 Å². The number of unbranched alkanes of at least 4 members (excludes halogenated alkanes) is 17. The summed E-state index contributed by atoms with van der Waals surface area (Å²) in [5.74, 6) is -0.914. The lowest BCUT2D eigenvalue weighted by atomic mass is 10.1. The van der Waals surface area contributed by atoms with E-state index in [1.54, 1.807) is 0 Å². The van der Waals surface area contributed by atoms with Gasteiger partial charge in [0.2, 0.25) is 0 Å². The molecule has 0 amide bonds. The minimum Gasteiger partial charge on any atom is -0.462 e. The second kappa shape index (κ2) is 42.8. The Balaban J connectivity index is 4.21. The molecule has 0 aliphatic heterocycles. The Hall–Kier alpha value is -2.33. The number of carbonyl (C=O) groups is 2. The molecule has 0 aromatic rings. The predicted molar refractivity (Wildman–Crippen MR) is 239 cm³/mol. The Morgan fingerprint density at radius 3 is 1.57 bits per heavy atom. The van der Waals surface area contributed by atoms with E-state index in [9.17, 15) is 24.2 Å². The Morgan fingerprint density at radius 1 is 0.586 bits per heavy atom. The highest BCUT2D eigenvalue weighted by atomic mass is 31.2. The maximum atomic E-state index is 12.6. The first kappa shape index (κ1) is 55.7. The number of allylic oxidation sites excluding steroid dienone is 10. The molecule has 4 N–H and O–H groups in total. The number of hydrogen-bond donors (Lipinski definition) is 3. The van der Waals surface area contributed by atoms with Gasteiger partial charge in [0.1, 0.15) is 6.61 Å². The van der Waals surface area contributed by atoms with Crippen LogP contribution in [0.25, 0.3) is 0 Å². The zero-order valence-corrected chi connectivity index (χ0v) is 37.5. The molecule has 0 bridgehead atoms. The van der Waals surface area contributed by atoms with E-state index in [0.717, 1.165) is 64.2 Å². The first-order chi connectivity index (χ1) is 28.2. The quantitative estimate of drug-likeness (QED) is 0.0234. The smallest absolute Gasteiger partial charge is 0.462 e. The van der Waals surface area contributed by atoms with Crippen LogP contribution in [0.2, 0.25) is 0 Å². The SMILES string of the molecule is CCCCCCCC/C=C\CCCCCCCCCCCC(=O)OC[C@H](COP(=O)(O)OCCN)OC(=O)CCC/C=C\C/C=C\C/C=C\C/C=C\CCC[C@H](C)O. The van der Waals surface area contributed by atoms with Crippen LogP contribution in [0.5, 0.6) is 0 Å². The number of phosphoric acid groups is 1. The minimum atomic E-state index is -4.40. The van der Waals surface area contributed by atoms with Crippen molar-refractivity contribution in [1.82, 2.24) is 0 Å². The van der Waals surface area contributed by atoms with Gasteiger partial charge in [-0.15, -0.1) is 0 Å². The number of aliphatic hydroxyl groups excluding tert-OH is 1. The van der Waals surface area contributed by atoms with Gasteiger partial charge in [-0.1, -0.05) is 145 Å². The van der Waals surface area contributed by atoms with Gasteiger partial charge in [-0.3, -0.25) is 18.6 Å². The van der Waals surface area contributed by atoms with E-state index in [1.165, 1.54) is 83.5 Å². The van der Waals surface area contributed by atoms with Crippen LogP contribution in [0.15, 0.2) is 60.8 Å². The Kier molecular flexibility index (Phi) is 41.1. The summed E-state index contributed by atoms with van der Waals surface area (Å²) < 4.78 is 32.7. The second-order valence-electron chi connectivity index (χ2n) is 15.2. The topological polar surface area (TPSA) is 155 Å². The fourth-order valence-electron chi connectivity index (χ4n) is 5.99. The summed E-state index contributed by atoms with van der Waals surface area (Å²) >= 11 is 0. The van der Waals surface area contributed by atoms with E-state index < -0.39 is 32.5 Å². The molecule has 10 nitrogen and oxygen atoms in total. The summed E-state index contributed by atoms with van der Waals surface area (Å²) in [4.78, 5) is 34.9. The van der Waals surface area contributed by atoms with Gasteiger partial charge in [0.05, 0.1) is 19.3 Å². The van der Waals surface area contributed by atoms with Gasteiger partial charge in [0.15, 0.2) is 6.10 Å². The molecule has 0 saturated heterocycles. The highest BCUT2D eigenvalue weighted by Gasteiger charge is 2.26. The number of ether oxygens (including phenoxy) is 2. The lowest BCUT2D eigenvalue weighted by Crippen LogP contribution is -2.29. The summed E-state index contributed by atoms with van der Waals surface area (Å²) in [5.41, 5.74) is 5.34. The number of rotatable bonds is 42. The van der Waals surface area contributed by atoms with Crippen LogP contribution in [0, 0.1) is 0 Å². The number of esters is 2. The lowest BCUT2D eigenvalue weighted by molar-refractivity contribution is -0.161. The summed E-state index contributed by atoms with van der Waals surface area (Å²) in [6.07, 6.45) is 48.2. The molecule has 336 valence electrons. The minimum absolute atomic E-state index is 0.0370. The fourth-order valence-corrected chi connectivity index (χ4v) is 6.76. The van der Waals surface area contributed by atoms with Crippen molar-refractivity contribution < 1.29 is 42.7 Å². The zero-order chi connectivity index (χ0) is 42.6. The van der Waals surface area contributed by atoms with Crippen LogP contribution in [0.1, 0.15) is 187 Å². The third-order valence-corrected chi connectivity index (χ3v) is 10.4. The first-order valence-corrected chi connectivity index (χ1v) is 24.3. The van der Waals surface area contributed by atoms with E-state index in [0.29, 0.717) is 12.8 Å². The van der Waals surface area contributed by atoms with Crippen molar-refractivity contribution >= 4 is 19.8 Å². The van der Waals surface area contributed by atoms with Crippen LogP contribution < -0.4 is 5.73 Å². The summed E-state index contributed by atoms with van der Waals surface area (Å²) in [7, 11) is -4.40. The standard InChI is InChI=1S/C47H84NO9P/c1-3-4-5-6-7-8-9-10-11-12-13-14-17-20-23-26-29-32-35-38-46(50)54-42-45(43-56-58(52,53)55-41-40-48)57-47(51)39-36-33-30-27-24-21-18-15-16-19-22-25-28-31-34-37-44(2)49/h10-11,16,18-19,21,25,27-28,30,44-45,49H,3-9,12-15,17,20,22-24,26,29,31-43,48H2,1-2H3,(H,52,53)/b11-10-,19-16-,21-18-,28-25-,30-27-/t44-,45+/m0/s1. The second-order valence-corrected chi connectivity index (χ2v) is 16.6. The number of aliphatic hydroxyl groups is 1. The molecule has 0 rings (SSSR count). The van der Waals surface area contributed by atoms with E-state index >= 15 is 0 Å². The molecular formula is C47H84NO9P. The maximum Gasteiger partial charge on any atom is 0.472 e. The van der Waals surface area contributed by atoms with Gasteiger partial charge in [0, 0.05) is 19.4 Å². The molecule has 11 heteroatoms. The lowest BCUT2D eigenvalue weighted by Gasteiger charge is -2.19. The molecule has 0 radical (unpaired) electrons. The van der Waals surface area contributed by atoms with Crippen molar-refractivity contribution in [3.05, 3.63) is 60.8 Å². The highest BCUT2D eigenvalue weighted by Crippen LogP contribution is 2.43. The summed E-state index contributed by atoms with van der Waals surface area (Å²) in [6.45, 7) is 3.20. The first-order valence-electron chi connectivity index (χ1n) is 22.8. The molecule has 0 spiro atoms. The third-order valence-electron chi connectivity index (χ3n) is 9.39. The molecule has 3 atom stereocenters. The van der Waals surface area contributed by atoms with Crippen LogP contribution in [0.4, 0.5) is 0 Å². The maximum absolute atomic E-state index is 12.6. The van der Waals surface area contributed by atoms with Crippen LogP contribution >= 0.6 is 7.82 Å². The normalized spacial score (nSPS) is 14.4. The molecule has 0 aliphatic carbocycles. The van der Waals surface area contributed by atoms with Crippen molar-refractivity contribution in [2.45, 2.75) is 199 Å². The monoisotopic (exact) mass is 838 g/mol. The van der Waals surface area contributed by atoms with Crippen LogP contribution in [0.3, 0.4) is 0 Å². The van der Waals surface area contributed by atoms with Crippen molar-refractivity contribution in [2.24, 2.45) is 5.73 Å².